The number of amides is 2. The number of nitrogens with one attached hydrogen (secondary N) is 1. The molecule has 0 aromatic heterocycles. The zero-order chi connectivity index (χ0) is 19.2. The number of hydrogen-bond acceptors (Lipinski definition) is 4. The van der Waals surface area contributed by atoms with Crippen molar-refractivity contribution in [2.24, 2.45) is 0 Å². The predicted molar refractivity (Wildman–Crippen MR) is 105 cm³/mol. The highest BCUT2D eigenvalue weighted by Crippen LogP contribution is 2.23. The molecule has 1 saturated heterocycles. The van der Waals surface area contributed by atoms with Crippen LogP contribution >= 0.6 is 0 Å². The summed E-state index contributed by atoms with van der Waals surface area (Å²) in [7, 11) is 0. The Bertz CT molecular complexity index is 779. The van der Waals surface area contributed by atoms with Gasteiger partial charge in [0.05, 0.1) is 6.54 Å². The van der Waals surface area contributed by atoms with Gasteiger partial charge in [-0.3, -0.25) is 14.5 Å². The summed E-state index contributed by atoms with van der Waals surface area (Å²) >= 11 is 0. The molecule has 0 aliphatic carbocycles. The fourth-order valence-electron chi connectivity index (χ4n) is 2.97. The lowest BCUT2D eigenvalue weighted by Gasteiger charge is -2.33. The maximum Gasteiger partial charge on any atom is 0.238 e. The summed E-state index contributed by atoms with van der Waals surface area (Å²) in [5, 5.41) is 2.91. The van der Waals surface area contributed by atoms with Crippen LogP contribution in [0.5, 0.6) is 11.5 Å². The lowest BCUT2D eigenvalue weighted by atomic mass is 10.2. The first-order chi connectivity index (χ1) is 13.0. The van der Waals surface area contributed by atoms with Gasteiger partial charge in [0.15, 0.2) is 0 Å². The number of anilines is 1. The number of carbonyl (C=O) groups is 2. The van der Waals surface area contributed by atoms with Crippen LogP contribution in [0.15, 0.2) is 48.5 Å². The molecule has 0 saturated carbocycles. The molecular formula is C21H25N3O3. The van der Waals surface area contributed by atoms with Crippen molar-refractivity contribution in [1.82, 2.24) is 9.80 Å². The smallest absolute Gasteiger partial charge is 0.238 e. The third-order valence-electron chi connectivity index (χ3n) is 4.58. The molecule has 0 spiro atoms. The standard InChI is InChI=1S/C21H25N3O3/c1-16-3-7-19(8-4-16)27-20-9-5-18(6-10-20)22-21(26)15-23-11-13-24(14-12-23)17(2)25/h3-10H,11-15H2,1-2H3,(H,22,26). The monoisotopic (exact) mass is 367 g/mol. The summed E-state index contributed by atoms with van der Waals surface area (Å²) in [6.45, 7) is 6.72. The third kappa shape index (κ3) is 5.56. The van der Waals surface area contributed by atoms with Crippen LogP contribution in [0.25, 0.3) is 0 Å². The number of benzene rings is 2. The highest BCUT2D eigenvalue weighted by atomic mass is 16.5. The number of carbonyl (C=O) groups excluding carboxylic acids is 2. The quantitative estimate of drug-likeness (QED) is 0.883. The Morgan fingerprint density at radius 1 is 0.926 bits per heavy atom. The van der Waals surface area contributed by atoms with Crippen molar-refractivity contribution in [3.05, 3.63) is 54.1 Å². The SMILES string of the molecule is CC(=O)N1CCN(CC(=O)Nc2ccc(Oc3ccc(C)cc3)cc2)CC1. The maximum absolute atomic E-state index is 12.2. The third-order valence-corrected chi connectivity index (χ3v) is 4.58. The Labute approximate surface area is 159 Å². The van der Waals surface area contributed by atoms with E-state index >= 15 is 0 Å². The maximum atomic E-state index is 12.2. The average Bonchev–Trinajstić information content (AvgIpc) is 2.65. The van der Waals surface area contributed by atoms with Gasteiger partial charge >= 0.3 is 0 Å². The molecule has 6 nitrogen and oxygen atoms in total. The van der Waals surface area contributed by atoms with Gasteiger partial charge in [-0.25, -0.2) is 0 Å². The van der Waals surface area contributed by atoms with Gasteiger partial charge in [0, 0.05) is 38.8 Å². The average molecular weight is 367 g/mol. The molecule has 1 N–H and O–H groups in total. The lowest BCUT2D eigenvalue weighted by Crippen LogP contribution is -2.49. The molecule has 2 amide bonds. The molecule has 2 aromatic rings. The zero-order valence-electron chi connectivity index (χ0n) is 15.8. The van der Waals surface area contributed by atoms with Gasteiger partial charge in [0.1, 0.15) is 11.5 Å². The Morgan fingerprint density at radius 2 is 1.48 bits per heavy atom. The van der Waals surface area contributed by atoms with Crippen molar-refractivity contribution in [1.29, 1.82) is 0 Å². The van der Waals surface area contributed by atoms with Crippen LogP contribution in [0.3, 0.4) is 0 Å². The summed E-state index contributed by atoms with van der Waals surface area (Å²) in [4.78, 5) is 27.4. The Morgan fingerprint density at radius 3 is 2.04 bits per heavy atom. The van der Waals surface area contributed by atoms with Crippen LogP contribution in [-0.4, -0.2) is 54.3 Å². The molecule has 0 atom stereocenters. The van der Waals surface area contributed by atoms with E-state index in [1.807, 2.05) is 55.5 Å². The minimum absolute atomic E-state index is 0.0570. The van der Waals surface area contributed by atoms with Gasteiger partial charge in [-0.2, -0.15) is 0 Å². The van der Waals surface area contributed by atoms with Crippen LogP contribution in [-0.2, 0) is 9.59 Å². The number of rotatable bonds is 5. The van der Waals surface area contributed by atoms with E-state index in [0.717, 1.165) is 30.3 Å². The van der Waals surface area contributed by atoms with E-state index in [4.69, 9.17) is 4.74 Å². The molecule has 142 valence electrons. The van der Waals surface area contributed by atoms with Crippen LogP contribution in [0.4, 0.5) is 5.69 Å². The number of piperazine rings is 1. The van der Waals surface area contributed by atoms with E-state index in [0.29, 0.717) is 19.6 Å². The van der Waals surface area contributed by atoms with E-state index in [1.54, 1.807) is 11.8 Å². The normalized spacial score (nSPS) is 14.7. The number of hydrogen-bond donors (Lipinski definition) is 1. The molecule has 2 aromatic carbocycles. The van der Waals surface area contributed by atoms with Gasteiger partial charge in [-0.1, -0.05) is 17.7 Å². The van der Waals surface area contributed by atoms with Crippen molar-refractivity contribution >= 4 is 17.5 Å². The first kappa shape index (κ1) is 18.9. The molecule has 0 radical (unpaired) electrons. The summed E-state index contributed by atoms with van der Waals surface area (Å²) in [5.41, 5.74) is 1.92. The van der Waals surface area contributed by atoms with Crippen LogP contribution < -0.4 is 10.1 Å². The van der Waals surface area contributed by atoms with Gasteiger partial charge in [0.25, 0.3) is 0 Å². The summed E-state index contributed by atoms with van der Waals surface area (Å²) in [5.74, 6) is 1.53. The van der Waals surface area contributed by atoms with Gasteiger partial charge in [0.2, 0.25) is 11.8 Å². The van der Waals surface area contributed by atoms with Gasteiger partial charge in [-0.15, -0.1) is 0 Å². The fourth-order valence-corrected chi connectivity index (χ4v) is 2.97. The predicted octanol–water partition coefficient (Wildman–Crippen LogP) is 2.89. The molecule has 27 heavy (non-hydrogen) atoms. The molecule has 6 heteroatoms. The highest BCUT2D eigenvalue weighted by molar-refractivity contribution is 5.92. The summed E-state index contributed by atoms with van der Waals surface area (Å²) < 4.78 is 5.79. The summed E-state index contributed by atoms with van der Waals surface area (Å²) in [6.07, 6.45) is 0. The first-order valence-electron chi connectivity index (χ1n) is 9.12. The topological polar surface area (TPSA) is 61.9 Å². The van der Waals surface area contributed by atoms with E-state index in [9.17, 15) is 9.59 Å². The number of ether oxygens (including phenoxy) is 1. The van der Waals surface area contributed by atoms with Gasteiger partial charge < -0.3 is 15.0 Å². The highest BCUT2D eigenvalue weighted by Gasteiger charge is 2.20. The van der Waals surface area contributed by atoms with Crippen molar-refractivity contribution in [3.8, 4) is 11.5 Å². The first-order valence-corrected chi connectivity index (χ1v) is 9.12. The second-order valence-corrected chi connectivity index (χ2v) is 6.77. The minimum Gasteiger partial charge on any atom is -0.457 e. The van der Waals surface area contributed by atoms with E-state index < -0.39 is 0 Å². The molecule has 1 fully saturated rings. The van der Waals surface area contributed by atoms with E-state index in [1.165, 1.54) is 5.56 Å². The minimum atomic E-state index is -0.0570. The fraction of sp³-hybridized carbons (Fsp3) is 0.333. The van der Waals surface area contributed by atoms with Crippen molar-refractivity contribution in [2.45, 2.75) is 13.8 Å². The molecule has 1 heterocycles. The Hall–Kier alpha value is -2.86. The van der Waals surface area contributed by atoms with Crippen LogP contribution in [0, 0.1) is 6.92 Å². The van der Waals surface area contributed by atoms with Crippen LogP contribution in [0.1, 0.15) is 12.5 Å². The zero-order valence-corrected chi connectivity index (χ0v) is 15.8. The Balaban J connectivity index is 1.47. The van der Waals surface area contributed by atoms with E-state index in [-0.39, 0.29) is 11.8 Å². The van der Waals surface area contributed by atoms with Crippen molar-refractivity contribution < 1.29 is 14.3 Å². The lowest BCUT2D eigenvalue weighted by molar-refractivity contribution is -0.130. The molecule has 3 rings (SSSR count). The largest absolute Gasteiger partial charge is 0.457 e. The summed E-state index contributed by atoms with van der Waals surface area (Å²) in [6, 6.07) is 15.2. The number of aryl methyl sites for hydroxylation is 1. The molecular weight excluding hydrogens is 342 g/mol. The van der Waals surface area contributed by atoms with E-state index in [2.05, 4.69) is 10.2 Å². The number of nitrogens with zero attached hydrogens (tertiary/aromatic N) is 2. The van der Waals surface area contributed by atoms with Crippen molar-refractivity contribution in [2.75, 3.05) is 38.0 Å². The molecule has 0 bridgehead atoms. The second-order valence-electron chi connectivity index (χ2n) is 6.77. The second kappa shape index (κ2) is 8.68. The molecule has 1 aliphatic heterocycles. The van der Waals surface area contributed by atoms with Crippen LogP contribution in [0.2, 0.25) is 0 Å². The Kier molecular flexibility index (Phi) is 6.08. The molecule has 0 unspecified atom stereocenters. The molecule has 1 aliphatic rings. The van der Waals surface area contributed by atoms with Crippen molar-refractivity contribution in [3.63, 3.8) is 0 Å². The van der Waals surface area contributed by atoms with Gasteiger partial charge in [-0.05, 0) is 43.3 Å².